The molecule has 1 aromatic heterocycles. The molecule has 5 aromatic rings. The molecule has 0 saturated carbocycles. The van der Waals surface area contributed by atoms with Crippen LogP contribution in [-0.2, 0) is 7.05 Å². The van der Waals surface area contributed by atoms with Gasteiger partial charge in [-0.25, -0.2) is 0 Å². The molecule has 0 amide bonds. The van der Waals surface area contributed by atoms with Crippen molar-refractivity contribution >= 4 is 38.9 Å². The Morgan fingerprint density at radius 1 is 0.621 bits per heavy atom. The lowest BCUT2D eigenvalue weighted by Crippen LogP contribution is -2.14. The highest BCUT2D eigenvalue weighted by Crippen LogP contribution is 2.44. The minimum absolute atomic E-state index is 1.17. The summed E-state index contributed by atoms with van der Waals surface area (Å²) in [5.74, 6) is 0. The fraction of sp³-hybridized carbons (Fsp3) is 0.111. The smallest absolute Gasteiger partial charge is 0.0736 e. The van der Waals surface area contributed by atoms with Crippen LogP contribution in [-0.4, -0.2) is 4.57 Å². The Bertz CT molecular complexity index is 1330. The molecular weight excluding hydrogens is 352 g/mol. The van der Waals surface area contributed by atoms with Crippen LogP contribution in [0.4, 0.5) is 17.1 Å². The second kappa shape index (κ2) is 6.82. The van der Waals surface area contributed by atoms with Crippen LogP contribution in [0.3, 0.4) is 0 Å². The molecule has 0 unspecified atom stereocenters. The maximum atomic E-state index is 2.41. The van der Waals surface area contributed by atoms with Gasteiger partial charge in [-0.05, 0) is 49.2 Å². The van der Waals surface area contributed by atoms with E-state index in [0.29, 0.717) is 0 Å². The van der Waals surface area contributed by atoms with E-state index in [0.717, 1.165) is 0 Å². The van der Waals surface area contributed by atoms with Crippen molar-refractivity contribution in [1.82, 2.24) is 4.57 Å². The lowest BCUT2D eigenvalue weighted by atomic mass is 10.0. The van der Waals surface area contributed by atoms with Gasteiger partial charge in [-0.1, -0.05) is 66.7 Å². The van der Waals surface area contributed by atoms with E-state index in [1.165, 1.54) is 50.0 Å². The summed E-state index contributed by atoms with van der Waals surface area (Å²) >= 11 is 0. The number of benzene rings is 4. The van der Waals surface area contributed by atoms with Crippen LogP contribution in [0.1, 0.15) is 11.1 Å². The molecule has 0 N–H and O–H groups in total. The first-order chi connectivity index (χ1) is 14.2. The number of nitrogens with zero attached hydrogens (tertiary/aromatic N) is 2. The Hall–Kier alpha value is -3.52. The van der Waals surface area contributed by atoms with Crippen molar-refractivity contribution in [2.24, 2.45) is 7.05 Å². The number of para-hydroxylation sites is 3. The van der Waals surface area contributed by atoms with Crippen molar-refractivity contribution in [2.45, 2.75) is 13.8 Å². The number of fused-ring (bicyclic) bond motifs is 3. The van der Waals surface area contributed by atoms with Gasteiger partial charge in [-0.15, -0.1) is 0 Å². The number of rotatable bonds is 3. The summed E-state index contributed by atoms with van der Waals surface area (Å²) in [6.45, 7) is 4.39. The van der Waals surface area contributed by atoms with Crippen LogP contribution in [0.15, 0.2) is 91.0 Å². The van der Waals surface area contributed by atoms with Crippen molar-refractivity contribution in [1.29, 1.82) is 0 Å². The molecule has 0 atom stereocenters. The monoisotopic (exact) mass is 376 g/mol. The van der Waals surface area contributed by atoms with E-state index in [9.17, 15) is 0 Å². The number of anilines is 3. The molecule has 0 aliphatic carbocycles. The highest BCUT2D eigenvalue weighted by molar-refractivity contribution is 6.14. The Kier molecular flexibility index (Phi) is 4.13. The first-order valence-corrected chi connectivity index (χ1v) is 10.0. The predicted octanol–water partition coefficient (Wildman–Crippen LogP) is 7.42. The van der Waals surface area contributed by atoms with Gasteiger partial charge in [0.15, 0.2) is 0 Å². The Labute approximate surface area is 171 Å². The van der Waals surface area contributed by atoms with Crippen LogP contribution >= 0.6 is 0 Å². The summed E-state index contributed by atoms with van der Waals surface area (Å²) < 4.78 is 2.33. The van der Waals surface area contributed by atoms with E-state index >= 15 is 0 Å². The van der Waals surface area contributed by atoms with Crippen LogP contribution < -0.4 is 4.90 Å². The lowest BCUT2D eigenvalue weighted by molar-refractivity contribution is 1.01. The van der Waals surface area contributed by atoms with Crippen molar-refractivity contribution in [3.8, 4) is 0 Å². The van der Waals surface area contributed by atoms with Gasteiger partial charge < -0.3 is 9.47 Å². The Balaban J connectivity index is 1.93. The third-order valence-electron chi connectivity index (χ3n) is 5.84. The lowest BCUT2D eigenvalue weighted by Gasteiger charge is -2.29. The summed E-state index contributed by atoms with van der Waals surface area (Å²) in [5, 5.41) is 2.59. The highest BCUT2D eigenvalue weighted by Gasteiger charge is 2.22. The molecule has 4 aromatic carbocycles. The minimum atomic E-state index is 1.17. The molecule has 2 heteroatoms. The standard InChI is InChI=1S/C27H24N2/c1-19-11-7-9-15-24(19)29(21-12-5-4-6-13-21)26-20(2)17-18-23-22-14-8-10-16-25(22)28(3)27(23)26/h4-18H,1-3H3. The molecule has 2 nitrogen and oxygen atoms in total. The molecule has 0 saturated heterocycles. The molecule has 0 radical (unpaired) electrons. The van der Waals surface area contributed by atoms with E-state index in [1.807, 2.05) is 0 Å². The van der Waals surface area contributed by atoms with Gasteiger partial charge in [0.2, 0.25) is 0 Å². The quantitative estimate of drug-likeness (QED) is 0.318. The van der Waals surface area contributed by atoms with Gasteiger partial charge >= 0.3 is 0 Å². The molecule has 5 rings (SSSR count). The van der Waals surface area contributed by atoms with Crippen molar-refractivity contribution < 1.29 is 0 Å². The average molecular weight is 377 g/mol. The van der Waals surface area contributed by atoms with Crippen LogP contribution in [0.2, 0.25) is 0 Å². The summed E-state index contributed by atoms with van der Waals surface area (Å²) in [7, 11) is 2.18. The number of aromatic nitrogens is 1. The molecule has 0 bridgehead atoms. The second-order valence-electron chi connectivity index (χ2n) is 7.66. The van der Waals surface area contributed by atoms with E-state index in [-0.39, 0.29) is 0 Å². The maximum absolute atomic E-state index is 2.41. The first kappa shape index (κ1) is 17.6. The van der Waals surface area contributed by atoms with E-state index in [4.69, 9.17) is 0 Å². The molecule has 0 fully saturated rings. The van der Waals surface area contributed by atoms with Gasteiger partial charge in [0.1, 0.15) is 0 Å². The topological polar surface area (TPSA) is 8.17 Å². The van der Waals surface area contributed by atoms with Gasteiger partial charge in [0.25, 0.3) is 0 Å². The average Bonchev–Trinajstić information content (AvgIpc) is 3.04. The number of aryl methyl sites for hydroxylation is 3. The molecular formula is C27H24N2. The summed E-state index contributed by atoms with van der Waals surface area (Å²) in [4.78, 5) is 2.41. The van der Waals surface area contributed by atoms with E-state index in [2.05, 4.69) is 121 Å². The fourth-order valence-corrected chi connectivity index (χ4v) is 4.41. The Morgan fingerprint density at radius 2 is 1.31 bits per heavy atom. The van der Waals surface area contributed by atoms with Gasteiger partial charge in [0, 0.05) is 34.7 Å². The zero-order valence-corrected chi connectivity index (χ0v) is 17.1. The second-order valence-corrected chi connectivity index (χ2v) is 7.66. The summed E-state index contributed by atoms with van der Waals surface area (Å²) in [5.41, 5.74) is 8.65. The minimum Gasteiger partial charge on any atom is -0.342 e. The molecule has 29 heavy (non-hydrogen) atoms. The van der Waals surface area contributed by atoms with Crippen LogP contribution in [0, 0.1) is 13.8 Å². The van der Waals surface area contributed by atoms with E-state index < -0.39 is 0 Å². The fourth-order valence-electron chi connectivity index (χ4n) is 4.41. The first-order valence-electron chi connectivity index (χ1n) is 10.0. The third kappa shape index (κ3) is 2.72. The zero-order valence-electron chi connectivity index (χ0n) is 17.1. The van der Waals surface area contributed by atoms with Gasteiger partial charge in [-0.3, -0.25) is 0 Å². The Morgan fingerprint density at radius 3 is 2.10 bits per heavy atom. The molecule has 1 heterocycles. The highest BCUT2D eigenvalue weighted by atomic mass is 15.2. The number of hydrogen-bond acceptors (Lipinski definition) is 1. The summed E-state index contributed by atoms with van der Waals surface area (Å²) in [6.07, 6.45) is 0. The van der Waals surface area contributed by atoms with Gasteiger partial charge in [0.05, 0.1) is 11.2 Å². The third-order valence-corrected chi connectivity index (χ3v) is 5.84. The molecule has 0 aliphatic heterocycles. The maximum Gasteiger partial charge on any atom is 0.0736 e. The van der Waals surface area contributed by atoms with Crippen molar-refractivity contribution in [3.63, 3.8) is 0 Å². The zero-order chi connectivity index (χ0) is 20.0. The summed E-state index contributed by atoms with van der Waals surface area (Å²) in [6, 6.07) is 32.5. The molecule has 0 aliphatic rings. The normalized spacial score (nSPS) is 11.3. The van der Waals surface area contributed by atoms with Gasteiger partial charge in [-0.2, -0.15) is 0 Å². The predicted molar refractivity (Wildman–Crippen MR) is 125 cm³/mol. The van der Waals surface area contributed by atoms with Crippen molar-refractivity contribution in [3.05, 3.63) is 102 Å². The largest absolute Gasteiger partial charge is 0.342 e. The number of hydrogen-bond donors (Lipinski definition) is 0. The molecule has 142 valence electrons. The van der Waals surface area contributed by atoms with Crippen molar-refractivity contribution in [2.75, 3.05) is 4.90 Å². The van der Waals surface area contributed by atoms with Crippen LogP contribution in [0.5, 0.6) is 0 Å². The SMILES string of the molecule is Cc1ccccc1N(c1ccccc1)c1c(C)ccc2c3ccccc3n(C)c12. The van der Waals surface area contributed by atoms with Crippen LogP contribution in [0.25, 0.3) is 21.8 Å². The molecule has 0 spiro atoms. The van der Waals surface area contributed by atoms with E-state index in [1.54, 1.807) is 0 Å².